The second-order valence-corrected chi connectivity index (χ2v) is 7.41. The average Bonchev–Trinajstić information content (AvgIpc) is 2.90. The van der Waals surface area contributed by atoms with Gasteiger partial charge in [-0.15, -0.1) is 0 Å². The molecule has 0 saturated carbocycles. The van der Waals surface area contributed by atoms with Crippen LogP contribution in [0.3, 0.4) is 0 Å². The van der Waals surface area contributed by atoms with E-state index in [4.69, 9.17) is 9.47 Å². The molecule has 1 aromatic rings. The smallest absolute Gasteiger partial charge is 0.231 e. The Kier molecular flexibility index (Phi) is 5.36. The predicted octanol–water partition coefficient (Wildman–Crippen LogP) is 3.86. The number of thioether (sulfide) groups is 1. The Morgan fingerprint density at radius 2 is 2.04 bits per heavy atom. The van der Waals surface area contributed by atoms with Gasteiger partial charge in [0.2, 0.25) is 12.7 Å². The van der Waals surface area contributed by atoms with Gasteiger partial charge in [0, 0.05) is 30.0 Å². The fraction of sp³-hybridized carbons (Fsp3) is 0.611. The van der Waals surface area contributed by atoms with Crippen molar-refractivity contribution in [1.82, 2.24) is 4.90 Å². The summed E-state index contributed by atoms with van der Waals surface area (Å²) in [5.74, 6) is 3.18. The second-order valence-electron chi connectivity index (χ2n) is 6.10. The molecule has 0 radical (unpaired) electrons. The number of fused-ring (bicyclic) bond motifs is 1. The fourth-order valence-corrected chi connectivity index (χ4v) is 4.49. The van der Waals surface area contributed by atoms with E-state index in [1.165, 1.54) is 5.56 Å². The van der Waals surface area contributed by atoms with Gasteiger partial charge in [-0.2, -0.15) is 11.8 Å². The van der Waals surface area contributed by atoms with Crippen LogP contribution in [0.1, 0.15) is 43.9 Å². The molecule has 2 aliphatic heterocycles. The number of carbonyl (C=O) groups excluding carboxylic acids is 1. The SMILES string of the molecule is CCC(CC)C(=O)N1CCSC(c2ccc3c(c2)OCO3)CC1. The van der Waals surface area contributed by atoms with E-state index in [1.807, 2.05) is 17.8 Å². The topological polar surface area (TPSA) is 38.8 Å². The van der Waals surface area contributed by atoms with Gasteiger partial charge in [-0.05, 0) is 37.0 Å². The van der Waals surface area contributed by atoms with Gasteiger partial charge in [0.25, 0.3) is 0 Å². The van der Waals surface area contributed by atoms with Crippen LogP contribution in [-0.2, 0) is 4.79 Å². The largest absolute Gasteiger partial charge is 0.454 e. The molecule has 23 heavy (non-hydrogen) atoms. The van der Waals surface area contributed by atoms with Crippen LogP contribution in [0.4, 0.5) is 0 Å². The second kappa shape index (κ2) is 7.47. The zero-order valence-corrected chi connectivity index (χ0v) is 14.7. The molecule has 2 aliphatic rings. The third kappa shape index (κ3) is 3.60. The normalized spacial score (nSPS) is 20.7. The molecule has 3 rings (SSSR count). The summed E-state index contributed by atoms with van der Waals surface area (Å²) in [4.78, 5) is 14.7. The highest BCUT2D eigenvalue weighted by atomic mass is 32.2. The highest BCUT2D eigenvalue weighted by Crippen LogP contribution is 2.40. The van der Waals surface area contributed by atoms with Gasteiger partial charge in [0.05, 0.1) is 0 Å². The monoisotopic (exact) mass is 335 g/mol. The Morgan fingerprint density at radius 1 is 1.26 bits per heavy atom. The third-order valence-electron chi connectivity index (χ3n) is 4.76. The lowest BCUT2D eigenvalue weighted by atomic mass is 10.0. The van der Waals surface area contributed by atoms with Gasteiger partial charge in [-0.25, -0.2) is 0 Å². The standard InChI is InChI=1S/C18H25NO3S/c1-3-13(4-2)18(20)19-8-7-17(23-10-9-19)14-5-6-15-16(11-14)22-12-21-15/h5-6,11,13,17H,3-4,7-10,12H2,1-2H3. The molecule has 1 amide bonds. The zero-order valence-electron chi connectivity index (χ0n) is 13.9. The van der Waals surface area contributed by atoms with E-state index in [1.54, 1.807) is 0 Å². The first-order valence-corrected chi connectivity index (χ1v) is 9.57. The average molecular weight is 335 g/mol. The Morgan fingerprint density at radius 3 is 2.83 bits per heavy atom. The van der Waals surface area contributed by atoms with Crippen LogP contribution in [-0.4, -0.2) is 36.4 Å². The van der Waals surface area contributed by atoms with Crippen molar-refractivity contribution >= 4 is 17.7 Å². The Labute approximate surface area is 142 Å². The van der Waals surface area contributed by atoms with Crippen LogP contribution in [0.5, 0.6) is 11.5 Å². The molecule has 0 aromatic heterocycles. The first-order valence-electron chi connectivity index (χ1n) is 8.52. The van der Waals surface area contributed by atoms with E-state index >= 15 is 0 Å². The number of nitrogens with zero attached hydrogens (tertiary/aromatic N) is 1. The molecule has 5 heteroatoms. The number of ether oxygens (including phenoxy) is 2. The van der Waals surface area contributed by atoms with E-state index in [0.717, 1.165) is 49.6 Å². The molecule has 2 heterocycles. The number of rotatable bonds is 4. The van der Waals surface area contributed by atoms with Crippen molar-refractivity contribution in [1.29, 1.82) is 0 Å². The molecule has 4 nitrogen and oxygen atoms in total. The molecule has 1 atom stereocenters. The lowest BCUT2D eigenvalue weighted by Gasteiger charge is -2.24. The highest BCUT2D eigenvalue weighted by Gasteiger charge is 2.26. The Bertz CT molecular complexity index is 559. The highest BCUT2D eigenvalue weighted by molar-refractivity contribution is 7.99. The molecular formula is C18H25NO3S. The van der Waals surface area contributed by atoms with Crippen molar-refractivity contribution in [2.45, 2.75) is 38.4 Å². The maximum absolute atomic E-state index is 12.6. The summed E-state index contributed by atoms with van der Waals surface area (Å²) in [6.45, 7) is 6.24. The molecule has 0 N–H and O–H groups in total. The molecule has 1 saturated heterocycles. The van der Waals surface area contributed by atoms with Crippen LogP contribution >= 0.6 is 11.8 Å². The number of carbonyl (C=O) groups is 1. The number of amides is 1. The summed E-state index contributed by atoms with van der Waals surface area (Å²) < 4.78 is 10.9. The van der Waals surface area contributed by atoms with Crippen LogP contribution in [0.25, 0.3) is 0 Å². The van der Waals surface area contributed by atoms with Crippen molar-refractivity contribution < 1.29 is 14.3 Å². The van der Waals surface area contributed by atoms with Gasteiger partial charge in [0.15, 0.2) is 11.5 Å². The summed E-state index contributed by atoms with van der Waals surface area (Å²) in [5.41, 5.74) is 1.27. The molecule has 0 aliphatic carbocycles. The fourth-order valence-electron chi connectivity index (χ4n) is 3.27. The van der Waals surface area contributed by atoms with Crippen molar-refractivity contribution in [2.24, 2.45) is 5.92 Å². The molecule has 126 valence electrons. The maximum atomic E-state index is 12.6. The Balaban J connectivity index is 1.65. The quantitative estimate of drug-likeness (QED) is 0.837. The third-order valence-corrected chi connectivity index (χ3v) is 6.08. The van der Waals surface area contributed by atoms with Gasteiger partial charge in [-0.1, -0.05) is 19.9 Å². The van der Waals surface area contributed by atoms with E-state index in [9.17, 15) is 4.79 Å². The minimum atomic E-state index is 0.182. The molecule has 1 unspecified atom stereocenters. The number of hydrogen-bond acceptors (Lipinski definition) is 4. The number of benzene rings is 1. The summed E-state index contributed by atoms with van der Waals surface area (Å²) in [6, 6.07) is 6.22. The van der Waals surface area contributed by atoms with Crippen LogP contribution in [0.2, 0.25) is 0 Å². The van der Waals surface area contributed by atoms with Crippen LogP contribution in [0.15, 0.2) is 18.2 Å². The van der Waals surface area contributed by atoms with Gasteiger partial charge in [0.1, 0.15) is 0 Å². The van der Waals surface area contributed by atoms with Crippen LogP contribution < -0.4 is 9.47 Å². The lowest BCUT2D eigenvalue weighted by molar-refractivity contribution is -0.135. The molecule has 1 fully saturated rings. The van der Waals surface area contributed by atoms with E-state index < -0.39 is 0 Å². The summed E-state index contributed by atoms with van der Waals surface area (Å²) in [7, 11) is 0. The molecule has 0 spiro atoms. The van der Waals surface area contributed by atoms with E-state index in [0.29, 0.717) is 18.0 Å². The van der Waals surface area contributed by atoms with Crippen LogP contribution in [0, 0.1) is 5.92 Å². The van der Waals surface area contributed by atoms with Gasteiger partial charge < -0.3 is 14.4 Å². The summed E-state index contributed by atoms with van der Waals surface area (Å²) >= 11 is 1.94. The first kappa shape index (κ1) is 16.5. The van der Waals surface area contributed by atoms with E-state index in [2.05, 4.69) is 30.9 Å². The van der Waals surface area contributed by atoms with Crippen molar-refractivity contribution in [2.75, 3.05) is 25.6 Å². The zero-order chi connectivity index (χ0) is 16.2. The number of hydrogen-bond donors (Lipinski definition) is 0. The van der Waals surface area contributed by atoms with Gasteiger partial charge in [-0.3, -0.25) is 4.79 Å². The summed E-state index contributed by atoms with van der Waals surface area (Å²) in [5, 5.41) is 0.420. The first-order chi connectivity index (χ1) is 11.2. The molecule has 1 aromatic carbocycles. The lowest BCUT2D eigenvalue weighted by Crippen LogP contribution is -2.37. The van der Waals surface area contributed by atoms with Crippen molar-refractivity contribution in [3.8, 4) is 11.5 Å². The van der Waals surface area contributed by atoms with E-state index in [-0.39, 0.29) is 5.92 Å². The minimum absolute atomic E-state index is 0.182. The van der Waals surface area contributed by atoms with Crippen molar-refractivity contribution in [3.05, 3.63) is 23.8 Å². The minimum Gasteiger partial charge on any atom is -0.454 e. The molecule has 0 bridgehead atoms. The maximum Gasteiger partial charge on any atom is 0.231 e. The van der Waals surface area contributed by atoms with Crippen molar-refractivity contribution in [3.63, 3.8) is 0 Å². The molecular weight excluding hydrogens is 310 g/mol. The summed E-state index contributed by atoms with van der Waals surface area (Å²) in [6.07, 6.45) is 2.87. The van der Waals surface area contributed by atoms with Gasteiger partial charge >= 0.3 is 0 Å². The predicted molar refractivity (Wildman–Crippen MR) is 93.0 cm³/mol. The Hall–Kier alpha value is -1.36.